The van der Waals surface area contributed by atoms with Crippen LogP contribution in [0.15, 0.2) is 18.2 Å². The lowest BCUT2D eigenvalue weighted by Crippen LogP contribution is -2.15. The van der Waals surface area contributed by atoms with E-state index in [9.17, 15) is 9.67 Å². The molecule has 1 atom stereocenters. The summed E-state index contributed by atoms with van der Waals surface area (Å²) in [5.41, 5.74) is 7.18. The van der Waals surface area contributed by atoms with Crippen LogP contribution >= 0.6 is 7.60 Å². The van der Waals surface area contributed by atoms with Gasteiger partial charge in [0.2, 0.25) is 0 Å². The van der Waals surface area contributed by atoms with Crippen LogP contribution in [0.5, 0.6) is 5.75 Å². The van der Waals surface area contributed by atoms with Crippen LogP contribution in [0.2, 0.25) is 0 Å². The van der Waals surface area contributed by atoms with Gasteiger partial charge in [0, 0.05) is 5.56 Å². The summed E-state index contributed by atoms with van der Waals surface area (Å²) in [7, 11) is -3.46. The van der Waals surface area contributed by atoms with Crippen LogP contribution < -0.4 is 5.73 Å². The highest BCUT2D eigenvalue weighted by molar-refractivity contribution is 7.54. The Hall–Kier alpha value is -0.870. The number of hydrogen-bond acceptors (Lipinski definition) is 5. The normalized spacial score (nSPS) is 13.6. The molecule has 18 heavy (non-hydrogen) atoms. The molecule has 1 aromatic carbocycles. The highest BCUT2D eigenvalue weighted by Crippen LogP contribution is 2.59. The molecule has 102 valence electrons. The summed E-state index contributed by atoms with van der Waals surface area (Å²) in [4.78, 5) is 0. The number of phenolic OH excluding ortho intramolecular Hbond substituents is 1. The van der Waals surface area contributed by atoms with Gasteiger partial charge in [0.25, 0.3) is 0 Å². The van der Waals surface area contributed by atoms with Crippen LogP contribution in [0, 0.1) is 6.92 Å². The molecule has 0 fully saturated rings. The fourth-order valence-electron chi connectivity index (χ4n) is 1.63. The molecule has 0 aliphatic rings. The quantitative estimate of drug-likeness (QED) is 0.779. The molecule has 1 rings (SSSR count). The van der Waals surface area contributed by atoms with Crippen molar-refractivity contribution in [3.05, 3.63) is 29.3 Å². The van der Waals surface area contributed by atoms with Gasteiger partial charge < -0.3 is 19.9 Å². The average Bonchev–Trinajstić information content (AvgIpc) is 2.29. The van der Waals surface area contributed by atoms with Gasteiger partial charge in [0.15, 0.2) is 0 Å². The van der Waals surface area contributed by atoms with Crippen molar-refractivity contribution in [3.8, 4) is 5.75 Å². The van der Waals surface area contributed by atoms with Gasteiger partial charge in [-0.3, -0.25) is 4.57 Å². The maximum absolute atomic E-state index is 12.5. The van der Waals surface area contributed by atoms with Gasteiger partial charge in [0.05, 0.1) is 13.2 Å². The number of rotatable bonds is 6. The largest absolute Gasteiger partial charge is 0.508 e. The van der Waals surface area contributed by atoms with Crippen molar-refractivity contribution < 1.29 is 18.7 Å². The van der Waals surface area contributed by atoms with Crippen LogP contribution in [0.3, 0.4) is 0 Å². The van der Waals surface area contributed by atoms with Crippen LogP contribution in [0.4, 0.5) is 0 Å². The first-order valence-corrected chi connectivity index (χ1v) is 7.49. The third-order valence-corrected chi connectivity index (χ3v) is 4.66. The molecule has 0 amide bonds. The Bertz CT molecular complexity index is 440. The minimum atomic E-state index is -3.46. The molecule has 3 N–H and O–H groups in total. The highest BCUT2D eigenvalue weighted by atomic mass is 31.2. The molecule has 0 saturated heterocycles. The molecule has 1 aromatic rings. The maximum Gasteiger partial charge on any atom is 0.351 e. The van der Waals surface area contributed by atoms with E-state index in [-0.39, 0.29) is 19.0 Å². The number of hydrogen-bond donors (Lipinski definition) is 2. The molecular formula is C12H20NO4P. The topological polar surface area (TPSA) is 81.8 Å². The predicted molar refractivity (Wildman–Crippen MR) is 70.6 cm³/mol. The fraction of sp³-hybridized carbons (Fsp3) is 0.500. The molecule has 0 unspecified atom stereocenters. The Balaban J connectivity index is 3.09. The number of aryl methyl sites for hydroxylation is 1. The monoisotopic (exact) mass is 273 g/mol. The third-order valence-electron chi connectivity index (χ3n) is 2.46. The fourth-order valence-corrected chi connectivity index (χ4v) is 3.31. The van der Waals surface area contributed by atoms with Crippen LogP contribution in [-0.4, -0.2) is 18.3 Å². The SMILES string of the molecule is CCOP(=O)(OCC)[C@@H](N)c1ccc(C)cc1O. The van der Waals surface area contributed by atoms with Crippen molar-refractivity contribution in [2.24, 2.45) is 5.73 Å². The van der Waals surface area contributed by atoms with E-state index in [2.05, 4.69) is 0 Å². The van der Waals surface area contributed by atoms with Crippen LogP contribution in [-0.2, 0) is 13.6 Å². The molecule has 0 aliphatic heterocycles. The van der Waals surface area contributed by atoms with Gasteiger partial charge >= 0.3 is 7.60 Å². The molecule has 0 aromatic heterocycles. The molecule has 5 nitrogen and oxygen atoms in total. The zero-order chi connectivity index (χ0) is 13.8. The molecule has 6 heteroatoms. The molecule has 0 aliphatic carbocycles. The number of nitrogens with two attached hydrogens (primary N) is 1. The van der Waals surface area contributed by atoms with Gasteiger partial charge in [-0.25, -0.2) is 0 Å². The van der Waals surface area contributed by atoms with E-state index >= 15 is 0 Å². The van der Waals surface area contributed by atoms with Crippen LogP contribution in [0.1, 0.15) is 30.8 Å². The van der Waals surface area contributed by atoms with E-state index in [1.54, 1.807) is 32.0 Å². The minimum Gasteiger partial charge on any atom is -0.508 e. The second kappa shape index (κ2) is 6.34. The van der Waals surface area contributed by atoms with Crippen molar-refractivity contribution in [1.82, 2.24) is 0 Å². The van der Waals surface area contributed by atoms with Gasteiger partial charge in [0.1, 0.15) is 11.5 Å². The standard InChI is InChI=1S/C12H20NO4P/c1-4-16-18(15,17-5-2)12(13)10-7-6-9(3)8-11(10)14/h6-8,12,14H,4-5,13H2,1-3H3/t12-/m1/s1. The summed E-state index contributed by atoms with van der Waals surface area (Å²) in [6, 6.07) is 4.99. The smallest absolute Gasteiger partial charge is 0.351 e. The van der Waals surface area contributed by atoms with Gasteiger partial charge in [-0.15, -0.1) is 0 Å². The first kappa shape index (κ1) is 15.2. The Labute approximate surface area is 107 Å². The van der Waals surface area contributed by atoms with E-state index in [1.165, 1.54) is 0 Å². The Morgan fingerprint density at radius 1 is 1.33 bits per heavy atom. The van der Waals surface area contributed by atoms with E-state index < -0.39 is 13.4 Å². The number of aromatic hydroxyl groups is 1. The summed E-state index contributed by atoms with van der Waals surface area (Å²) in [5, 5.41) is 9.85. The Morgan fingerprint density at radius 2 is 1.89 bits per heavy atom. The van der Waals surface area contributed by atoms with Gasteiger partial charge in [-0.05, 0) is 32.4 Å². The zero-order valence-electron chi connectivity index (χ0n) is 10.9. The van der Waals surface area contributed by atoms with E-state index in [0.717, 1.165) is 5.56 Å². The maximum atomic E-state index is 12.5. The summed E-state index contributed by atoms with van der Waals surface area (Å²) in [5.74, 6) is -0.986. The summed E-state index contributed by atoms with van der Waals surface area (Å²) in [6.45, 7) is 5.75. The molecule has 0 spiro atoms. The summed E-state index contributed by atoms with van der Waals surface area (Å²) in [6.07, 6.45) is 0. The lowest BCUT2D eigenvalue weighted by atomic mass is 10.1. The average molecular weight is 273 g/mol. The lowest BCUT2D eigenvalue weighted by molar-refractivity contribution is 0.212. The van der Waals surface area contributed by atoms with Crippen LogP contribution in [0.25, 0.3) is 0 Å². The van der Waals surface area contributed by atoms with E-state index in [0.29, 0.717) is 5.56 Å². The second-order valence-electron chi connectivity index (χ2n) is 3.88. The third kappa shape index (κ3) is 3.33. The predicted octanol–water partition coefficient (Wildman–Crippen LogP) is 2.92. The Kier molecular flexibility index (Phi) is 5.35. The van der Waals surface area contributed by atoms with E-state index in [1.807, 2.05) is 6.92 Å². The first-order chi connectivity index (χ1) is 8.44. The van der Waals surface area contributed by atoms with Gasteiger partial charge in [-0.2, -0.15) is 0 Å². The summed E-state index contributed by atoms with van der Waals surface area (Å²) < 4.78 is 22.8. The highest BCUT2D eigenvalue weighted by Gasteiger charge is 2.35. The summed E-state index contributed by atoms with van der Waals surface area (Å²) >= 11 is 0. The number of benzene rings is 1. The van der Waals surface area contributed by atoms with Gasteiger partial charge in [-0.1, -0.05) is 12.1 Å². The number of phenols is 1. The van der Waals surface area contributed by atoms with E-state index in [4.69, 9.17) is 14.8 Å². The van der Waals surface area contributed by atoms with Crippen molar-refractivity contribution in [2.75, 3.05) is 13.2 Å². The molecule has 0 bridgehead atoms. The Morgan fingerprint density at radius 3 is 2.33 bits per heavy atom. The lowest BCUT2D eigenvalue weighted by Gasteiger charge is -2.24. The first-order valence-electron chi connectivity index (χ1n) is 5.88. The second-order valence-corrected chi connectivity index (χ2v) is 6.03. The van der Waals surface area contributed by atoms with Crippen molar-refractivity contribution in [2.45, 2.75) is 26.6 Å². The molecular weight excluding hydrogens is 253 g/mol. The molecule has 0 heterocycles. The van der Waals surface area contributed by atoms with Crippen molar-refractivity contribution >= 4 is 7.60 Å². The van der Waals surface area contributed by atoms with Crippen molar-refractivity contribution in [1.29, 1.82) is 0 Å². The minimum absolute atomic E-state index is 0.00197. The molecule has 0 saturated carbocycles. The molecule has 0 radical (unpaired) electrons. The zero-order valence-corrected chi connectivity index (χ0v) is 11.8. The van der Waals surface area contributed by atoms with Crippen molar-refractivity contribution in [3.63, 3.8) is 0 Å².